The van der Waals surface area contributed by atoms with Crippen LogP contribution in [0.2, 0.25) is 45.3 Å². The molecule has 0 saturated carbocycles. The van der Waals surface area contributed by atoms with Crippen molar-refractivity contribution in [2.45, 2.75) is 45.3 Å². The summed E-state index contributed by atoms with van der Waals surface area (Å²) in [5.41, 5.74) is 0. The zero-order valence-electron chi connectivity index (χ0n) is 25.5. The van der Waals surface area contributed by atoms with Gasteiger partial charge in [-0.15, -0.1) is 0 Å². The van der Waals surface area contributed by atoms with Crippen LogP contribution in [0.15, 0.2) is 121 Å². The van der Waals surface area contributed by atoms with Gasteiger partial charge in [0.1, 0.15) is 0 Å². The monoisotopic (exact) mass is 646 g/mol. The van der Waals surface area contributed by atoms with Gasteiger partial charge in [-0.3, -0.25) is 0 Å². The maximum absolute atomic E-state index is 7.63. The molecule has 5 rings (SSSR count). The van der Waals surface area contributed by atoms with Gasteiger partial charge in [0, 0.05) is 12.7 Å². The third kappa shape index (κ3) is 6.94. The van der Waals surface area contributed by atoms with Gasteiger partial charge in [-0.2, -0.15) is 0 Å². The average molecular weight is 647 g/mol. The average Bonchev–Trinajstić information content (AvgIpc) is 2.97. The van der Waals surface area contributed by atoms with E-state index in [4.69, 9.17) is 20.9 Å². The summed E-state index contributed by atoms with van der Waals surface area (Å²) in [5.74, 6) is 0. The first-order valence-electron chi connectivity index (χ1n) is 14.6. The molecule has 4 aromatic carbocycles. The third-order valence-corrected chi connectivity index (χ3v) is 26.0. The van der Waals surface area contributed by atoms with Gasteiger partial charge in [0.25, 0.3) is 0 Å². The van der Waals surface area contributed by atoms with Crippen LogP contribution in [0.1, 0.15) is 0 Å². The molecule has 1 aliphatic rings. The second-order valence-corrected chi connectivity index (χ2v) is 30.5. The molecule has 220 valence electrons. The first-order chi connectivity index (χ1) is 20.0. The Morgan fingerprint density at radius 1 is 0.524 bits per heavy atom. The summed E-state index contributed by atoms with van der Waals surface area (Å²) >= 11 is 0. The predicted molar refractivity (Wildman–Crippen MR) is 183 cm³/mol. The summed E-state index contributed by atoms with van der Waals surface area (Å²) in [6.07, 6.45) is 0. The third-order valence-electron chi connectivity index (χ3n) is 7.18. The molecule has 1 fully saturated rings. The lowest BCUT2D eigenvalue weighted by Gasteiger charge is -2.52. The molecule has 0 amide bonds. The van der Waals surface area contributed by atoms with Crippen LogP contribution in [0.25, 0.3) is 0 Å². The van der Waals surface area contributed by atoms with Gasteiger partial charge in [0.2, 0.25) is 0 Å². The first kappa shape index (κ1) is 31.2. The SMILES string of the molecule is C[Si](C)(C)O[Si](C)(C)OCC[Si]1(C)O[Si](c2ccccc2)(c2ccccc2)O[Si](c2ccccc2)(c2ccccc2)O1. The molecule has 0 atom stereocenters. The van der Waals surface area contributed by atoms with E-state index in [-0.39, 0.29) is 0 Å². The van der Waals surface area contributed by atoms with Gasteiger partial charge in [-0.1, -0.05) is 121 Å². The van der Waals surface area contributed by atoms with E-state index in [0.717, 1.165) is 20.7 Å². The van der Waals surface area contributed by atoms with Crippen LogP contribution in [0.5, 0.6) is 0 Å². The standard InChI is InChI=1S/C32H42O5Si5/c1-38(2,3)34-39(4,5)33-27-28-40(6)35-41(29-19-11-7-12-20-29,30-21-13-8-14-22-30)37-42(36-40,31-23-15-9-16-24-31)32-25-17-10-18-26-32/h7-26H,27-28H2,1-6H3. The van der Waals surface area contributed by atoms with E-state index in [1.807, 2.05) is 24.3 Å². The van der Waals surface area contributed by atoms with E-state index >= 15 is 0 Å². The quantitative estimate of drug-likeness (QED) is 0.222. The molecule has 1 heterocycles. The highest BCUT2D eigenvalue weighted by Gasteiger charge is 2.64. The van der Waals surface area contributed by atoms with Crippen molar-refractivity contribution in [1.82, 2.24) is 0 Å². The van der Waals surface area contributed by atoms with E-state index in [2.05, 4.69) is 136 Å². The molecule has 0 aliphatic carbocycles. The Balaban J connectivity index is 1.67. The van der Waals surface area contributed by atoms with Crippen LogP contribution in [-0.2, 0) is 20.9 Å². The molecule has 0 aromatic heterocycles. The van der Waals surface area contributed by atoms with E-state index in [9.17, 15) is 0 Å². The topological polar surface area (TPSA) is 46.2 Å². The van der Waals surface area contributed by atoms with Crippen LogP contribution in [0.4, 0.5) is 0 Å². The molecule has 5 nitrogen and oxygen atoms in total. The van der Waals surface area contributed by atoms with Gasteiger partial charge in [-0.05, 0) is 60.0 Å². The van der Waals surface area contributed by atoms with Gasteiger partial charge in [0.15, 0.2) is 8.32 Å². The fourth-order valence-corrected chi connectivity index (χ4v) is 29.0. The van der Waals surface area contributed by atoms with Crippen molar-refractivity contribution in [3.05, 3.63) is 121 Å². The smallest absolute Gasteiger partial charge is 0.389 e. The Labute approximate surface area is 256 Å². The zero-order chi connectivity index (χ0) is 29.9. The molecule has 0 spiro atoms. The van der Waals surface area contributed by atoms with Crippen molar-refractivity contribution < 1.29 is 20.9 Å². The van der Waals surface area contributed by atoms with Crippen LogP contribution in [-0.4, -0.2) is 49.2 Å². The highest BCUT2D eigenvalue weighted by atomic mass is 28.5. The van der Waals surface area contributed by atoms with Crippen molar-refractivity contribution in [2.75, 3.05) is 6.61 Å². The molecule has 0 radical (unpaired) electrons. The molecule has 0 unspecified atom stereocenters. The predicted octanol–water partition coefficient (Wildman–Crippen LogP) is 5.20. The highest BCUT2D eigenvalue weighted by molar-refractivity contribution is 7.11. The normalized spacial score (nSPS) is 18.0. The molecule has 10 heteroatoms. The summed E-state index contributed by atoms with van der Waals surface area (Å²) in [6, 6.07) is 42.7. The first-order valence-corrected chi connectivity index (χ1v) is 27.0. The zero-order valence-corrected chi connectivity index (χ0v) is 30.5. The second-order valence-electron chi connectivity index (χ2n) is 12.3. The van der Waals surface area contributed by atoms with Gasteiger partial charge in [0.05, 0.1) is 0 Å². The van der Waals surface area contributed by atoms with Crippen molar-refractivity contribution >= 4 is 63.3 Å². The highest BCUT2D eigenvalue weighted by Crippen LogP contribution is 2.33. The minimum Gasteiger partial charge on any atom is -0.436 e. The summed E-state index contributed by atoms with van der Waals surface area (Å²) < 4.78 is 35.5. The summed E-state index contributed by atoms with van der Waals surface area (Å²) in [4.78, 5) is 0. The van der Waals surface area contributed by atoms with Crippen molar-refractivity contribution in [1.29, 1.82) is 0 Å². The maximum atomic E-state index is 7.63. The van der Waals surface area contributed by atoms with Crippen LogP contribution < -0.4 is 20.7 Å². The number of hydrogen-bond donors (Lipinski definition) is 0. The minimum atomic E-state index is -3.28. The summed E-state index contributed by atoms with van der Waals surface area (Å²) in [7, 11) is -13.6. The summed E-state index contributed by atoms with van der Waals surface area (Å²) in [5, 5.41) is 4.33. The van der Waals surface area contributed by atoms with E-state index in [1.54, 1.807) is 0 Å². The van der Waals surface area contributed by atoms with Crippen LogP contribution in [0, 0.1) is 0 Å². The maximum Gasteiger partial charge on any atom is 0.389 e. The molecular weight excluding hydrogens is 605 g/mol. The molecule has 1 aliphatic heterocycles. The van der Waals surface area contributed by atoms with Crippen molar-refractivity contribution in [3.8, 4) is 0 Å². The molecule has 1 saturated heterocycles. The fraction of sp³-hybridized carbons (Fsp3) is 0.250. The molecule has 4 aromatic rings. The lowest BCUT2D eigenvalue weighted by Crippen LogP contribution is -2.83. The van der Waals surface area contributed by atoms with Crippen LogP contribution in [0.3, 0.4) is 0 Å². The van der Waals surface area contributed by atoms with Crippen molar-refractivity contribution in [2.24, 2.45) is 0 Å². The second kappa shape index (κ2) is 12.4. The molecule has 0 N–H and O–H groups in total. The fourth-order valence-electron chi connectivity index (χ4n) is 5.66. The largest absolute Gasteiger partial charge is 0.436 e. The van der Waals surface area contributed by atoms with E-state index in [1.165, 1.54) is 0 Å². The molecule has 0 bridgehead atoms. The summed E-state index contributed by atoms with van der Waals surface area (Å²) in [6.45, 7) is 13.6. The number of benzene rings is 4. The van der Waals surface area contributed by atoms with Crippen molar-refractivity contribution in [3.63, 3.8) is 0 Å². The van der Waals surface area contributed by atoms with Gasteiger partial charge in [-0.25, -0.2) is 0 Å². The molecular formula is C32H42O5Si5. The van der Waals surface area contributed by atoms with E-state index in [0.29, 0.717) is 12.7 Å². The Kier molecular flexibility index (Phi) is 9.21. The van der Waals surface area contributed by atoms with Gasteiger partial charge >= 0.3 is 34.2 Å². The Morgan fingerprint density at radius 2 is 0.857 bits per heavy atom. The Hall–Kier alpha value is -2.24. The minimum absolute atomic E-state index is 0.522. The number of rotatable bonds is 10. The Morgan fingerprint density at radius 3 is 1.17 bits per heavy atom. The number of hydrogen-bond acceptors (Lipinski definition) is 5. The lowest BCUT2D eigenvalue weighted by molar-refractivity contribution is 0.225. The van der Waals surface area contributed by atoms with Crippen LogP contribution >= 0.6 is 0 Å². The Bertz CT molecular complexity index is 1260. The lowest BCUT2D eigenvalue weighted by atomic mass is 10.4. The van der Waals surface area contributed by atoms with E-state index < -0.39 is 42.6 Å². The molecule has 42 heavy (non-hydrogen) atoms. The van der Waals surface area contributed by atoms with Gasteiger partial charge < -0.3 is 20.9 Å².